The number of amides is 2. The second kappa shape index (κ2) is 6.37. The quantitative estimate of drug-likeness (QED) is 0.531. The second-order valence-corrected chi connectivity index (χ2v) is 5.74. The summed E-state index contributed by atoms with van der Waals surface area (Å²) >= 11 is 0. The van der Waals surface area contributed by atoms with Gasteiger partial charge in [0.2, 0.25) is 0 Å². The van der Waals surface area contributed by atoms with Crippen molar-refractivity contribution in [3.8, 4) is 5.75 Å². The molecule has 0 fully saturated rings. The van der Waals surface area contributed by atoms with Crippen LogP contribution in [0.1, 0.15) is 21.7 Å². The van der Waals surface area contributed by atoms with E-state index >= 15 is 0 Å². The van der Waals surface area contributed by atoms with Crippen molar-refractivity contribution >= 4 is 29.2 Å². The van der Waals surface area contributed by atoms with E-state index in [0.29, 0.717) is 33.9 Å². The van der Waals surface area contributed by atoms with Gasteiger partial charge in [0.1, 0.15) is 11.5 Å². The highest BCUT2D eigenvalue weighted by Gasteiger charge is 2.37. The van der Waals surface area contributed by atoms with Gasteiger partial charge in [0.15, 0.2) is 0 Å². The molecule has 128 valence electrons. The number of hydrogen-bond donors (Lipinski definition) is 0. The monoisotopic (exact) mass is 345 g/mol. The summed E-state index contributed by atoms with van der Waals surface area (Å²) in [6.07, 6.45) is 3.19. The number of hydrogen-bond acceptors (Lipinski definition) is 4. The van der Waals surface area contributed by atoms with Crippen LogP contribution >= 0.6 is 0 Å². The summed E-state index contributed by atoms with van der Waals surface area (Å²) in [6, 6.07) is 17.5. The van der Waals surface area contributed by atoms with Crippen LogP contribution in [0.2, 0.25) is 0 Å². The first kappa shape index (κ1) is 15.9. The third-order valence-electron chi connectivity index (χ3n) is 4.24. The van der Waals surface area contributed by atoms with Crippen molar-refractivity contribution < 1.29 is 18.7 Å². The Morgan fingerprint density at radius 2 is 1.62 bits per heavy atom. The number of nitrogens with zero attached hydrogens (tertiary/aromatic N) is 1. The lowest BCUT2D eigenvalue weighted by atomic mass is 9.92. The molecule has 5 heteroatoms. The first-order valence-corrected chi connectivity index (χ1v) is 8.07. The molecule has 1 aromatic heterocycles. The molecule has 3 aromatic rings. The standard InChI is InChI=1S/C21H15NO4/c1-25-19-11-5-4-10-18(19)22-20(23)16-9-3-2-8-15(16)17(21(22)24)13-14-7-6-12-26-14/h2-13H,1H3/b17-13+. The molecular weight excluding hydrogens is 330 g/mol. The van der Waals surface area contributed by atoms with E-state index in [-0.39, 0.29) is 5.91 Å². The van der Waals surface area contributed by atoms with Gasteiger partial charge in [0.25, 0.3) is 11.8 Å². The molecule has 0 N–H and O–H groups in total. The van der Waals surface area contributed by atoms with Gasteiger partial charge in [0.05, 0.1) is 24.6 Å². The molecule has 5 nitrogen and oxygen atoms in total. The summed E-state index contributed by atoms with van der Waals surface area (Å²) in [5.74, 6) is 0.185. The van der Waals surface area contributed by atoms with Gasteiger partial charge >= 0.3 is 0 Å². The third-order valence-corrected chi connectivity index (χ3v) is 4.24. The topological polar surface area (TPSA) is 59.8 Å². The Kier molecular flexibility index (Phi) is 3.89. The summed E-state index contributed by atoms with van der Waals surface area (Å²) in [4.78, 5) is 27.4. The number of ether oxygens (including phenoxy) is 1. The molecular formula is C21H15NO4. The first-order chi connectivity index (χ1) is 12.7. The zero-order chi connectivity index (χ0) is 18.1. The molecule has 2 aromatic carbocycles. The maximum Gasteiger partial charge on any atom is 0.266 e. The van der Waals surface area contributed by atoms with Crippen molar-refractivity contribution in [3.05, 3.63) is 83.8 Å². The minimum absolute atomic E-state index is 0.383. The Morgan fingerprint density at radius 3 is 2.35 bits per heavy atom. The lowest BCUT2D eigenvalue weighted by molar-refractivity contribution is -0.112. The molecule has 0 bridgehead atoms. The number of carbonyl (C=O) groups is 2. The van der Waals surface area contributed by atoms with E-state index in [1.165, 1.54) is 13.4 Å². The first-order valence-electron chi connectivity index (χ1n) is 8.07. The van der Waals surface area contributed by atoms with E-state index < -0.39 is 5.91 Å². The summed E-state index contributed by atoms with van der Waals surface area (Å²) < 4.78 is 10.7. The number of methoxy groups -OCH3 is 1. The van der Waals surface area contributed by atoms with Gasteiger partial charge in [-0.2, -0.15) is 0 Å². The van der Waals surface area contributed by atoms with E-state index in [1.807, 2.05) is 0 Å². The molecule has 26 heavy (non-hydrogen) atoms. The average Bonchev–Trinajstić information content (AvgIpc) is 3.19. The largest absolute Gasteiger partial charge is 0.495 e. The maximum absolute atomic E-state index is 13.2. The van der Waals surface area contributed by atoms with Crippen molar-refractivity contribution in [2.75, 3.05) is 12.0 Å². The summed E-state index contributed by atoms with van der Waals surface area (Å²) in [7, 11) is 1.51. The van der Waals surface area contributed by atoms with E-state index in [4.69, 9.17) is 9.15 Å². The smallest absolute Gasteiger partial charge is 0.266 e. The normalized spacial score (nSPS) is 15.3. The van der Waals surface area contributed by atoms with Gasteiger partial charge in [-0.3, -0.25) is 9.59 Å². The minimum Gasteiger partial charge on any atom is -0.495 e. The second-order valence-electron chi connectivity index (χ2n) is 5.74. The van der Waals surface area contributed by atoms with Crippen LogP contribution in [0.3, 0.4) is 0 Å². The number of benzene rings is 2. The van der Waals surface area contributed by atoms with Gasteiger partial charge in [-0.15, -0.1) is 0 Å². The molecule has 4 rings (SSSR count). The highest BCUT2D eigenvalue weighted by Crippen LogP contribution is 2.37. The van der Waals surface area contributed by atoms with Crippen LogP contribution in [0.15, 0.2) is 71.3 Å². The van der Waals surface area contributed by atoms with Crippen molar-refractivity contribution in [1.29, 1.82) is 0 Å². The third kappa shape index (κ3) is 2.50. The Hall–Kier alpha value is -3.60. The molecule has 0 spiro atoms. The fourth-order valence-corrected chi connectivity index (χ4v) is 3.04. The van der Waals surface area contributed by atoms with Crippen LogP contribution in [-0.4, -0.2) is 18.9 Å². The predicted octanol–water partition coefficient (Wildman–Crippen LogP) is 4.02. The molecule has 0 saturated carbocycles. The van der Waals surface area contributed by atoms with E-state index in [0.717, 1.165) is 4.90 Å². The molecule has 0 aliphatic carbocycles. The van der Waals surface area contributed by atoms with Crippen molar-refractivity contribution in [3.63, 3.8) is 0 Å². The number of imide groups is 1. The summed E-state index contributed by atoms with van der Waals surface area (Å²) in [6.45, 7) is 0. The molecule has 0 unspecified atom stereocenters. The fraction of sp³-hybridized carbons (Fsp3) is 0.0476. The molecule has 0 saturated heterocycles. The number of para-hydroxylation sites is 2. The molecule has 1 aliphatic rings. The van der Waals surface area contributed by atoms with E-state index in [2.05, 4.69) is 0 Å². The van der Waals surface area contributed by atoms with Gasteiger partial charge in [-0.05, 0) is 36.4 Å². The van der Waals surface area contributed by atoms with Crippen LogP contribution in [0.5, 0.6) is 5.75 Å². The van der Waals surface area contributed by atoms with Crippen LogP contribution in [-0.2, 0) is 4.79 Å². The van der Waals surface area contributed by atoms with Gasteiger partial charge in [0, 0.05) is 11.1 Å². The molecule has 0 radical (unpaired) electrons. The average molecular weight is 345 g/mol. The molecule has 2 amide bonds. The number of fused-ring (bicyclic) bond motifs is 1. The van der Waals surface area contributed by atoms with Crippen LogP contribution in [0.25, 0.3) is 11.6 Å². The van der Waals surface area contributed by atoms with Crippen LogP contribution in [0, 0.1) is 0 Å². The fourth-order valence-electron chi connectivity index (χ4n) is 3.04. The minimum atomic E-state index is -0.422. The number of anilines is 1. The van der Waals surface area contributed by atoms with Crippen molar-refractivity contribution in [2.45, 2.75) is 0 Å². The van der Waals surface area contributed by atoms with Crippen LogP contribution < -0.4 is 9.64 Å². The number of furan rings is 1. The van der Waals surface area contributed by atoms with Crippen molar-refractivity contribution in [2.24, 2.45) is 0 Å². The predicted molar refractivity (Wildman–Crippen MR) is 97.8 cm³/mol. The Labute approximate surface area is 150 Å². The van der Waals surface area contributed by atoms with E-state index in [9.17, 15) is 9.59 Å². The highest BCUT2D eigenvalue weighted by atomic mass is 16.5. The van der Waals surface area contributed by atoms with Crippen molar-refractivity contribution in [1.82, 2.24) is 0 Å². The number of carbonyl (C=O) groups excluding carboxylic acids is 2. The number of rotatable bonds is 3. The van der Waals surface area contributed by atoms with Gasteiger partial charge < -0.3 is 9.15 Å². The molecule has 2 heterocycles. The summed E-state index contributed by atoms with van der Waals surface area (Å²) in [5.41, 5.74) is 1.84. The van der Waals surface area contributed by atoms with Gasteiger partial charge in [-0.1, -0.05) is 30.3 Å². The Balaban J connectivity index is 1.93. The Morgan fingerprint density at radius 1 is 0.885 bits per heavy atom. The van der Waals surface area contributed by atoms with Crippen LogP contribution in [0.4, 0.5) is 5.69 Å². The zero-order valence-corrected chi connectivity index (χ0v) is 14.0. The molecule has 1 aliphatic heterocycles. The zero-order valence-electron chi connectivity index (χ0n) is 14.0. The van der Waals surface area contributed by atoms with E-state index in [1.54, 1.807) is 66.7 Å². The summed E-state index contributed by atoms with van der Waals surface area (Å²) in [5, 5.41) is 0. The molecule has 0 atom stereocenters. The Bertz CT molecular complexity index is 1020. The highest BCUT2D eigenvalue weighted by molar-refractivity contribution is 6.43. The van der Waals surface area contributed by atoms with Gasteiger partial charge in [-0.25, -0.2) is 4.90 Å². The SMILES string of the molecule is COc1ccccc1N1C(=O)/C(=C/c2ccco2)c2ccccc2C1=O. The lowest BCUT2D eigenvalue weighted by Crippen LogP contribution is -2.42. The maximum atomic E-state index is 13.2. The lowest BCUT2D eigenvalue weighted by Gasteiger charge is -2.29.